The molecule has 0 spiro atoms. The molecule has 0 bridgehead atoms. The molecule has 0 aromatic carbocycles. The quantitative estimate of drug-likeness (QED) is 0.698. The fraction of sp³-hybridized carbons (Fsp3) is 0.619. The highest BCUT2D eigenvalue weighted by Crippen LogP contribution is 2.38. The smallest absolute Gasteiger partial charge is 0.227 e. The number of hydrogen-bond donors (Lipinski definition) is 2. The largest absolute Gasteiger partial charge is 0.394 e. The lowest BCUT2D eigenvalue weighted by molar-refractivity contribution is 0.143. The highest BCUT2D eigenvalue weighted by molar-refractivity contribution is 7.85. The summed E-state index contributed by atoms with van der Waals surface area (Å²) >= 11 is 5.91. The van der Waals surface area contributed by atoms with E-state index in [1.807, 2.05) is 0 Å². The minimum absolute atomic E-state index is 0.0558. The van der Waals surface area contributed by atoms with Gasteiger partial charge < -0.3 is 15.3 Å². The van der Waals surface area contributed by atoms with Crippen molar-refractivity contribution in [2.75, 3.05) is 35.7 Å². The van der Waals surface area contributed by atoms with Crippen molar-refractivity contribution in [3.8, 4) is 0 Å². The molecule has 0 amide bonds. The Morgan fingerprint density at radius 2 is 1.94 bits per heavy atom. The molecule has 1 unspecified atom stereocenters. The van der Waals surface area contributed by atoms with Crippen LogP contribution in [0.2, 0.25) is 5.02 Å². The number of aliphatic hydroxyl groups excluding tert-OH is 1. The minimum Gasteiger partial charge on any atom is -0.394 e. The standard InChI is InChI=1S/C21H27ClN6O2S/c22-15-11-23-18(24-12-15)14-4-8-28(9-5-14)20-25-16-3-1-10-31(30)17(16)19(26-20)27-21(13-29)6-2-7-21/h11-12,14,29H,1-10,13H2,(H,25,26,27). The second kappa shape index (κ2) is 8.60. The van der Waals surface area contributed by atoms with Crippen molar-refractivity contribution in [2.45, 2.75) is 61.3 Å². The van der Waals surface area contributed by atoms with E-state index in [1.165, 1.54) is 0 Å². The SMILES string of the molecule is O=S1CCCc2nc(N3CCC(c4ncc(Cl)cn4)CC3)nc(NC3(CO)CCC3)c21. The second-order valence-electron chi connectivity index (χ2n) is 8.74. The fourth-order valence-corrected chi connectivity index (χ4v) is 6.07. The van der Waals surface area contributed by atoms with E-state index in [-0.39, 0.29) is 12.1 Å². The lowest BCUT2D eigenvalue weighted by Gasteiger charge is -2.42. The normalized spacial score (nSPS) is 23.2. The van der Waals surface area contributed by atoms with Gasteiger partial charge in [-0.15, -0.1) is 0 Å². The number of aromatic nitrogens is 4. The van der Waals surface area contributed by atoms with E-state index in [0.29, 0.717) is 28.5 Å². The number of anilines is 2. The molecule has 166 valence electrons. The van der Waals surface area contributed by atoms with Crippen LogP contribution in [-0.4, -0.2) is 60.2 Å². The first-order chi connectivity index (χ1) is 15.1. The first-order valence-corrected chi connectivity index (χ1v) is 12.7. The van der Waals surface area contributed by atoms with Gasteiger partial charge in [-0.1, -0.05) is 11.6 Å². The predicted molar refractivity (Wildman–Crippen MR) is 120 cm³/mol. The molecule has 2 N–H and O–H groups in total. The summed E-state index contributed by atoms with van der Waals surface area (Å²) in [4.78, 5) is 21.4. The van der Waals surface area contributed by atoms with Gasteiger partial charge in [-0.3, -0.25) is 4.21 Å². The Labute approximate surface area is 189 Å². The molecule has 1 atom stereocenters. The Kier molecular flexibility index (Phi) is 5.83. The van der Waals surface area contributed by atoms with Crippen LogP contribution < -0.4 is 10.2 Å². The third-order valence-electron chi connectivity index (χ3n) is 6.68. The summed E-state index contributed by atoms with van der Waals surface area (Å²) < 4.78 is 12.8. The first kappa shape index (κ1) is 21.0. The van der Waals surface area contributed by atoms with Crippen LogP contribution in [0.5, 0.6) is 0 Å². The van der Waals surface area contributed by atoms with E-state index in [1.54, 1.807) is 12.4 Å². The molecule has 4 heterocycles. The Bertz CT molecular complexity index is 971. The molecule has 1 saturated heterocycles. The number of nitrogens with zero attached hydrogens (tertiary/aromatic N) is 5. The third kappa shape index (κ3) is 4.15. The maximum absolute atomic E-state index is 12.8. The number of nitrogens with one attached hydrogen (secondary N) is 1. The van der Waals surface area contributed by atoms with E-state index >= 15 is 0 Å². The van der Waals surface area contributed by atoms with Gasteiger partial charge in [0.25, 0.3) is 0 Å². The Hall–Kier alpha value is -1.84. The second-order valence-corrected chi connectivity index (χ2v) is 10.7. The molecule has 5 rings (SSSR count). The summed E-state index contributed by atoms with van der Waals surface area (Å²) in [6.07, 6.45) is 9.69. The van der Waals surface area contributed by atoms with Gasteiger partial charge in [0, 0.05) is 37.2 Å². The van der Waals surface area contributed by atoms with Gasteiger partial charge in [0.2, 0.25) is 5.95 Å². The van der Waals surface area contributed by atoms with Crippen LogP contribution in [0.4, 0.5) is 11.8 Å². The number of piperidine rings is 1. The Morgan fingerprint density at radius 1 is 1.19 bits per heavy atom. The van der Waals surface area contributed by atoms with Gasteiger partial charge in [-0.2, -0.15) is 4.98 Å². The van der Waals surface area contributed by atoms with Gasteiger partial charge in [0.1, 0.15) is 16.5 Å². The molecule has 10 heteroatoms. The number of hydrogen-bond acceptors (Lipinski definition) is 8. The van der Waals surface area contributed by atoms with E-state index in [2.05, 4.69) is 20.2 Å². The van der Waals surface area contributed by atoms with Gasteiger partial charge in [-0.25, -0.2) is 15.0 Å². The summed E-state index contributed by atoms with van der Waals surface area (Å²) in [5.74, 6) is 3.10. The summed E-state index contributed by atoms with van der Waals surface area (Å²) in [6.45, 7) is 1.67. The maximum Gasteiger partial charge on any atom is 0.227 e. The first-order valence-electron chi connectivity index (χ1n) is 11.0. The van der Waals surface area contributed by atoms with Crippen molar-refractivity contribution in [3.05, 3.63) is 28.9 Å². The number of aryl methyl sites for hydroxylation is 1. The summed E-state index contributed by atoms with van der Waals surface area (Å²) in [6, 6.07) is 0. The summed E-state index contributed by atoms with van der Waals surface area (Å²) in [5, 5.41) is 13.9. The van der Waals surface area contributed by atoms with Gasteiger partial charge >= 0.3 is 0 Å². The summed E-state index contributed by atoms with van der Waals surface area (Å²) in [5.41, 5.74) is 0.535. The number of halogens is 1. The molecular weight excluding hydrogens is 436 g/mol. The molecule has 1 saturated carbocycles. The zero-order valence-electron chi connectivity index (χ0n) is 17.4. The zero-order chi connectivity index (χ0) is 21.4. The average molecular weight is 463 g/mol. The van der Waals surface area contributed by atoms with E-state index in [9.17, 15) is 9.32 Å². The highest BCUT2D eigenvalue weighted by atomic mass is 35.5. The van der Waals surface area contributed by atoms with Crippen LogP contribution in [-0.2, 0) is 17.2 Å². The van der Waals surface area contributed by atoms with Crippen LogP contribution in [0.15, 0.2) is 17.3 Å². The molecule has 0 radical (unpaired) electrons. The molecule has 8 nitrogen and oxygen atoms in total. The van der Waals surface area contributed by atoms with Crippen molar-refractivity contribution in [1.82, 2.24) is 19.9 Å². The fourth-order valence-electron chi connectivity index (χ4n) is 4.64. The summed E-state index contributed by atoms with van der Waals surface area (Å²) in [7, 11) is -1.10. The van der Waals surface area contributed by atoms with Crippen LogP contribution in [0, 0.1) is 0 Å². The van der Waals surface area contributed by atoms with Crippen molar-refractivity contribution < 1.29 is 9.32 Å². The molecular formula is C21H27ClN6O2S. The van der Waals surface area contributed by atoms with Crippen molar-refractivity contribution in [2.24, 2.45) is 0 Å². The van der Waals surface area contributed by atoms with Crippen LogP contribution in [0.1, 0.15) is 56.0 Å². The lowest BCUT2D eigenvalue weighted by Crippen LogP contribution is -2.49. The average Bonchev–Trinajstić information content (AvgIpc) is 2.77. The Balaban J connectivity index is 1.39. The van der Waals surface area contributed by atoms with Crippen molar-refractivity contribution in [1.29, 1.82) is 0 Å². The third-order valence-corrected chi connectivity index (χ3v) is 8.41. The minimum atomic E-state index is -1.10. The molecule has 2 fully saturated rings. The van der Waals surface area contributed by atoms with Crippen LogP contribution >= 0.6 is 11.6 Å². The van der Waals surface area contributed by atoms with E-state index in [4.69, 9.17) is 21.6 Å². The molecule has 2 aliphatic heterocycles. The van der Waals surface area contributed by atoms with Crippen LogP contribution in [0.3, 0.4) is 0 Å². The van der Waals surface area contributed by atoms with Gasteiger partial charge in [0.15, 0.2) is 0 Å². The van der Waals surface area contributed by atoms with Gasteiger partial charge in [-0.05, 0) is 44.9 Å². The maximum atomic E-state index is 12.8. The van der Waals surface area contributed by atoms with Crippen molar-refractivity contribution in [3.63, 3.8) is 0 Å². The van der Waals surface area contributed by atoms with Crippen LogP contribution in [0.25, 0.3) is 0 Å². The molecule has 1 aliphatic carbocycles. The van der Waals surface area contributed by atoms with E-state index in [0.717, 1.165) is 74.4 Å². The molecule has 2 aromatic rings. The number of rotatable bonds is 5. The zero-order valence-corrected chi connectivity index (χ0v) is 19.0. The molecule has 31 heavy (non-hydrogen) atoms. The molecule has 3 aliphatic rings. The Morgan fingerprint density at radius 3 is 2.58 bits per heavy atom. The van der Waals surface area contributed by atoms with E-state index < -0.39 is 10.8 Å². The highest BCUT2D eigenvalue weighted by Gasteiger charge is 2.38. The van der Waals surface area contributed by atoms with Gasteiger partial charge in [0.05, 0.1) is 33.7 Å². The predicted octanol–water partition coefficient (Wildman–Crippen LogP) is 2.68. The lowest BCUT2D eigenvalue weighted by atomic mass is 9.77. The number of fused-ring (bicyclic) bond motifs is 1. The number of aliphatic hydroxyl groups is 1. The molecule has 2 aromatic heterocycles. The topological polar surface area (TPSA) is 104 Å². The van der Waals surface area contributed by atoms with Crippen molar-refractivity contribution >= 4 is 34.2 Å². The monoisotopic (exact) mass is 462 g/mol.